The molecule has 1 aromatic heterocycles. The Morgan fingerprint density at radius 1 is 1.00 bits per heavy atom. The fourth-order valence-electron chi connectivity index (χ4n) is 4.62. The first kappa shape index (κ1) is 25.4. The Hall–Kier alpha value is -2.71. The Balaban J connectivity index is 1.32. The molecule has 0 saturated carbocycles. The minimum atomic E-state index is 0.464. The number of halogens is 1. The van der Waals surface area contributed by atoms with Crippen LogP contribution in [0.4, 0.5) is 5.69 Å². The Labute approximate surface area is 220 Å². The van der Waals surface area contributed by atoms with E-state index < -0.39 is 0 Å². The highest BCUT2D eigenvalue weighted by atomic mass is 79.9. The third kappa shape index (κ3) is 6.70. The zero-order valence-electron chi connectivity index (χ0n) is 20.1. The summed E-state index contributed by atoms with van der Waals surface area (Å²) in [5.41, 5.74) is 4.69. The summed E-state index contributed by atoms with van der Waals surface area (Å²) in [6.45, 7) is 6.60. The smallest absolute Gasteiger partial charge is 0.0967 e. The molecular formula is C28H30BrN5S. The summed E-state index contributed by atoms with van der Waals surface area (Å²) < 4.78 is 1.09. The van der Waals surface area contributed by atoms with Gasteiger partial charge in [-0.05, 0) is 62.7 Å². The van der Waals surface area contributed by atoms with Crippen LogP contribution in [0.15, 0.2) is 53.0 Å². The number of likely N-dealkylation sites (tertiary alicyclic amines) is 1. The molecule has 1 fully saturated rings. The van der Waals surface area contributed by atoms with Gasteiger partial charge in [0.15, 0.2) is 0 Å². The Morgan fingerprint density at radius 2 is 1.63 bits per heavy atom. The van der Waals surface area contributed by atoms with E-state index in [9.17, 15) is 0 Å². The second kappa shape index (κ2) is 12.3. The van der Waals surface area contributed by atoms with Crippen molar-refractivity contribution in [3.63, 3.8) is 0 Å². The second-order valence-electron chi connectivity index (χ2n) is 8.98. The molecule has 4 rings (SSSR count). The molecule has 3 aromatic rings. The van der Waals surface area contributed by atoms with Crippen LogP contribution in [0.3, 0.4) is 0 Å². The van der Waals surface area contributed by atoms with E-state index in [0.29, 0.717) is 31.8 Å². The lowest BCUT2D eigenvalue weighted by atomic mass is 9.97. The molecule has 35 heavy (non-hydrogen) atoms. The number of hydrogen-bond donors (Lipinski definition) is 0. The average Bonchev–Trinajstić information content (AvgIpc) is 3.27. The lowest BCUT2D eigenvalue weighted by Crippen LogP contribution is -2.32. The van der Waals surface area contributed by atoms with Crippen LogP contribution in [0.2, 0.25) is 0 Å². The summed E-state index contributed by atoms with van der Waals surface area (Å²) in [5, 5.41) is 19.1. The van der Waals surface area contributed by atoms with Crippen molar-refractivity contribution in [2.75, 3.05) is 31.1 Å². The van der Waals surface area contributed by atoms with E-state index in [0.717, 1.165) is 48.3 Å². The van der Waals surface area contributed by atoms with E-state index in [2.05, 4.69) is 93.3 Å². The lowest BCUT2D eigenvalue weighted by molar-refractivity contribution is 0.204. The van der Waals surface area contributed by atoms with Gasteiger partial charge in [0.1, 0.15) is 0 Å². The van der Waals surface area contributed by atoms with Gasteiger partial charge in [-0.25, -0.2) is 4.98 Å². The first-order valence-corrected chi connectivity index (χ1v) is 13.7. The molecule has 180 valence electrons. The van der Waals surface area contributed by atoms with Gasteiger partial charge >= 0.3 is 0 Å². The zero-order valence-corrected chi connectivity index (χ0v) is 22.5. The van der Waals surface area contributed by atoms with Crippen LogP contribution in [-0.2, 0) is 6.54 Å². The summed E-state index contributed by atoms with van der Waals surface area (Å²) in [6, 6.07) is 21.4. The van der Waals surface area contributed by atoms with Gasteiger partial charge in [0.25, 0.3) is 0 Å². The molecule has 0 spiro atoms. The van der Waals surface area contributed by atoms with E-state index >= 15 is 0 Å². The number of aryl methyl sites for hydroxylation is 1. The standard InChI is InChI=1S/C28H30BrN5S/c1-21-27(23-6-8-25(29)9-7-23)32-28(35-21)24-12-18-33(19-13-24)20-22-4-10-26(11-5-22)34(16-2-14-30)17-3-15-31/h4-11,24H,2-3,12-13,16-20H2,1H3. The van der Waals surface area contributed by atoms with E-state index in [4.69, 9.17) is 15.5 Å². The molecule has 0 atom stereocenters. The Bertz CT molecular complexity index is 1160. The number of aromatic nitrogens is 1. The Morgan fingerprint density at radius 3 is 2.23 bits per heavy atom. The fraction of sp³-hybridized carbons (Fsp3) is 0.393. The summed E-state index contributed by atoms with van der Waals surface area (Å²) in [6.07, 6.45) is 3.21. The number of nitrogens with zero attached hydrogens (tertiary/aromatic N) is 5. The van der Waals surface area contributed by atoms with Crippen molar-refractivity contribution in [1.82, 2.24) is 9.88 Å². The summed E-state index contributed by atoms with van der Waals surface area (Å²) in [4.78, 5) is 11.0. The SMILES string of the molecule is Cc1sc(C2CCN(Cc3ccc(N(CCC#N)CCC#N)cc3)CC2)nc1-c1ccc(Br)cc1. The van der Waals surface area contributed by atoms with E-state index in [1.54, 1.807) is 0 Å². The van der Waals surface area contributed by atoms with Crippen molar-refractivity contribution in [3.05, 3.63) is 68.5 Å². The number of anilines is 1. The van der Waals surface area contributed by atoms with Gasteiger partial charge in [-0.2, -0.15) is 10.5 Å². The van der Waals surface area contributed by atoms with Crippen molar-refractivity contribution in [2.24, 2.45) is 0 Å². The van der Waals surface area contributed by atoms with Crippen molar-refractivity contribution in [1.29, 1.82) is 10.5 Å². The molecule has 0 N–H and O–H groups in total. The van der Waals surface area contributed by atoms with Crippen molar-refractivity contribution in [2.45, 2.75) is 45.1 Å². The maximum Gasteiger partial charge on any atom is 0.0967 e. The normalized spacial score (nSPS) is 14.4. The maximum atomic E-state index is 8.93. The van der Waals surface area contributed by atoms with Gasteiger partial charge in [0, 0.05) is 46.2 Å². The Kier molecular flexibility index (Phi) is 8.93. The van der Waals surface area contributed by atoms with Crippen LogP contribution in [-0.4, -0.2) is 36.1 Å². The minimum absolute atomic E-state index is 0.464. The molecule has 2 heterocycles. The van der Waals surface area contributed by atoms with Gasteiger partial charge in [-0.1, -0.05) is 40.2 Å². The first-order chi connectivity index (χ1) is 17.1. The van der Waals surface area contributed by atoms with Gasteiger partial charge in [0.05, 0.1) is 35.7 Å². The fourth-order valence-corrected chi connectivity index (χ4v) is 5.99. The molecule has 0 bridgehead atoms. The molecule has 1 saturated heterocycles. The monoisotopic (exact) mass is 547 g/mol. The maximum absolute atomic E-state index is 8.93. The third-order valence-electron chi connectivity index (χ3n) is 6.56. The highest BCUT2D eigenvalue weighted by molar-refractivity contribution is 9.10. The zero-order chi connectivity index (χ0) is 24.6. The van der Waals surface area contributed by atoms with Crippen molar-refractivity contribution >= 4 is 33.0 Å². The number of hydrogen-bond acceptors (Lipinski definition) is 6. The van der Waals surface area contributed by atoms with E-state index in [1.165, 1.54) is 21.0 Å². The van der Waals surface area contributed by atoms with Crippen LogP contribution in [0.5, 0.6) is 0 Å². The molecule has 0 unspecified atom stereocenters. The number of piperidine rings is 1. The molecule has 1 aliphatic heterocycles. The molecule has 0 aliphatic carbocycles. The average molecular weight is 549 g/mol. The first-order valence-electron chi connectivity index (χ1n) is 12.1. The second-order valence-corrected chi connectivity index (χ2v) is 11.1. The van der Waals surface area contributed by atoms with Crippen LogP contribution in [0, 0.1) is 29.6 Å². The molecule has 1 aliphatic rings. The number of rotatable bonds is 9. The van der Waals surface area contributed by atoms with Gasteiger partial charge in [-0.15, -0.1) is 11.3 Å². The number of benzene rings is 2. The van der Waals surface area contributed by atoms with Crippen molar-refractivity contribution < 1.29 is 0 Å². The summed E-state index contributed by atoms with van der Waals surface area (Å²) in [7, 11) is 0. The van der Waals surface area contributed by atoms with Crippen LogP contribution in [0.25, 0.3) is 11.3 Å². The van der Waals surface area contributed by atoms with Gasteiger partial charge in [0.2, 0.25) is 0 Å². The van der Waals surface area contributed by atoms with E-state index in [1.807, 2.05) is 11.3 Å². The summed E-state index contributed by atoms with van der Waals surface area (Å²) in [5.74, 6) is 0.537. The molecule has 7 heteroatoms. The van der Waals surface area contributed by atoms with Crippen LogP contribution < -0.4 is 4.90 Å². The molecule has 0 radical (unpaired) electrons. The lowest BCUT2D eigenvalue weighted by Gasteiger charge is -2.31. The van der Waals surface area contributed by atoms with Crippen LogP contribution >= 0.6 is 27.3 Å². The van der Waals surface area contributed by atoms with E-state index in [-0.39, 0.29) is 0 Å². The molecule has 5 nitrogen and oxygen atoms in total. The molecular weight excluding hydrogens is 518 g/mol. The highest BCUT2D eigenvalue weighted by Crippen LogP contribution is 2.36. The van der Waals surface area contributed by atoms with Gasteiger partial charge < -0.3 is 4.90 Å². The summed E-state index contributed by atoms with van der Waals surface area (Å²) >= 11 is 5.37. The number of nitriles is 2. The quantitative estimate of drug-likeness (QED) is 0.291. The van der Waals surface area contributed by atoms with Crippen molar-refractivity contribution in [3.8, 4) is 23.4 Å². The molecule has 2 aromatic carbocycles. The number of thiazole rings is 1. The van der Waals surface area contributed by atoms with Gasteiger partial charge in [-0.3, -0.25) is 4.90 Å². The third-order valence-corrected chi connectivity index (χ3v) is 8.22. The largest absolute Gasteiger partial charge is 0.369 e. The molecule has 0 amide bonds. The minimum Gasteiger partial charge on any atom is -0.369 e. The topological polar surface area (TPSA) is 67.0 Å². The highest BCUT2D eigenvalue weighted by Gasteiger charge is 2.24. The predicted molar refractivity (Wildman–Crippen MR) is 146 cm³/mol. The van der Waals surface area contributed by atoms with Crippen LogP contribution in [0.1, 0.15) is 47.0 Å². The predicted octanol–water partition coefficient (Wildman–Crippen LogP) is 6.89.